The lowest BCUT2D eigenvalue weighted by molar-refractivity contribution is -0.385. The summed E-state index contributed by atoms with van der Waals surface area (Å²) in [6, 6.07) is 6.79. The zero-order chi connectivity index (χ0) is 17.1. The van der Waals surface area contributed by atoms with Crippen LogP contribution >= 0.6 is 0 Å². The Bertz CT molecular complexity index is 691. The molecule has 24 heavy (non-hydrogen) atoms. The molecule has 3 rings (SSSR count). The molecule has 1 aromatic carbocycles. The minimum absolute atomic E-state index is 0.0156. The summed E-state index contributed by atoms with van der Waals surface area (Å²) in [5.41, 5.74) is 0.731. The molecule has 0 bridgehead atoms. The van der Waals surface area contributed by atoms with Gasteiger partial charge < -0.3 is 15.1 Å². The number of amides is 2. The lowest BCUT2D eigenvalue weighted by atomic mass is 10.0. The van der Waals surface area contributed by atoms with E-state index in [2.05, 4.69) is 10.2 Å². The monoisotopic (exact) mass is 329 g/mol. The molecule has 0 atom stereocenters. The van der Waals surface area contributed by atoms with Crippen LogP contribution in [0.25, 0.3) is 0 Å². The van der Waals surface area contributed by atoms with Crippen molar-refractivity contribution in [2.45, 2.75) is 25.3 Å². The summed E-state index contributed by atoms with van der Waals surface area (Å²) in [5, 5.41) is 22.9. The number of urea groups is 1. The van der Waals surface area contributed by atoms with Crippen molar-refractivity contribution in [1.82, 2.24) is 10.2 Å². The van der Waals surface area contributed by atoms with Crippen LogP contribution in [0.3, 0.4) is 0 Å². The molecule has 2 aliphatic heterocycles. The van der Waals surface area contributed by atoms with E-state index in [1.54, 1.807) is 12.1 Å². The van der Waals surface area contributed by atoms with Crippen molar-refractivity contribution in [1.29, 1.82) is 5.26 Å². The number of rotatable bonds is 3. The number of nitrogens with zero attached hydrogens (tertiary/aromatic N) is 4. The number of nitro benzene ring substituents is 1. The van der Waals surface area contributed by atoms with Crippen LogP contribution in [-0.2, 0) is 0 Å². The number of nitrogens with one attached hydrogen (secondary N) is 1. The third-order valence-electron chi connectivity index (χ3n) is 4.68. The highest BCUT2D eigenvalue weighted by Gasteiger charge is 2.29. The largest absolute Gasteiger partial charge is 0.371 e. The van der Waals surface area contributed by atoms with Gasteiger partial charge >= 0.3 is 6.03 Å². The highest BCUT2D eigenvalue weighted by molar-refractivity contribution is 5.75. The van der Waals surface area contributed by atoms with Gasteiger partial charge in [-0.25, -0.2) is 4.79 Å². The van der Waals surface area contributed by atoms with Crippen molar-refractivity contribution >= 4 is 17.4 Å². The number of hydrogen-bond acceptors (Lipinski definition) is 5. The van der Waals surface area contributed by atoms with Crippen molar-refractivity contribution < 1.29 is 9.72 Å². The number of nitro groups is 1. The lowest BCUT2D eigenvalue weighted by Gasteiger charge is -2.41. The fraction of sp³-hybridized carbons (Fsp3) is 0.500. The van der Waals surface area contributed by atoms with Gasteiger partial charge in [-0.3, -0.25) is 10.1 Å². The van der Waals surface area contributed by atoms with E-state index in [4.69, 9.17) is 5.26 Å². The summed E-state index contributed by atoms with van der Waals surface area (Å²) in [4.78, 5) is 26.3. The molecule has 126 valence electrons. The number of benzene rings is 1. The van der Waals surface area contributed by atoms with Crippen LogP contribution in [0.2, 0.25) is 0 Å². The van der Waals surface area contributed by atoms with E-state index in [1.807, 2.05) is 11.0 Å². The van der Waals surface area contributed by atoms with E-state index in [0.29, 0.717) is 0 Å². The molecule has 2 saturated heterocycles. The van der Waals surface area contributed by atoms with E-state index in [-0.39, 0.29) is 23.3 Å². The quantitative estimate of drug-likeness (QED) is 0.673. The fourth-order valence-corrected chi connectivity index (χ4v) is 3.40. The van der Waals surface area contributed by atoms with Crippen LogP contribution in [0.15, 0.2) is 18.2 Å². The third kappa shape index (κ3) is 3.11. The molecule has 0 aliphatic carbocycles. The first-order valence-corrected chi connectivity index (χ1v) is 8.08. The number of piperidine rings is 1. The van der Waals surface area contributed by atoms with Gasteiger partial charge in [0.05, 0.1) is 4.92 Å². The van der Waals surface area contributed by atoms with Crippen LogP contribution in [0.1, 0.15) is 24.8 Å². The van der Waals surface area contributed by atoms with Crippen molar-refractivity contribution in [2.24, 2.45) is 0 Å². The minimum Gasteiger partial charge on any atom is -0.371 e. The lowest BCUT2D eigenvalue weighted by Crippen LogP contribution is -2.54. The van der Waals surface area contributed by atoms with Gasteiger partial charge in [0.15, 0.2) is 0 Å². The third-order valence-corrected chi connectivity index (χ3v) is 4.68. The Kier molecular flexibility index (Phi) is 4.51. The molecule has 1 N–H and O–H groups in total. The Morgan fingerprint density at radius 1 is 1.29 bits per heavy atom. The van der Waals surface area contributed by atoms with Gasteiger partial charge in [-0.15, -0.1) is 0 Å². The molecule has 1 aromatic rings. The molecule has 2 fully saturated rings. The number of anilines is 1. The van der Waals surface area contributed by atoms with Crippen LogP contribution in [0.5, 0.6) is 0 Å². The first-order valence-electron chi connectivity index (χ1n) is 8.08. The molecule has 0 radical (unpaired) electrons. The van der Waals surface area contributed by atoms with Crippen LogP contribution < -0.4 is 10.2 Å². The molecule has 2 heterocycles. The van der Waals surface area contributed by atoms with Crippen LogP contribution in [-0.4, -0.2) is 48.1 Å². The Labute approximate surface area is 139 Å². The highest BCUT2D eigenvalue weighted by Crippen LogP contribution is 2.28. The fourth-order valence-electron chi connectivity index (χ4n) is 3.40. The van der Waals surface area contributed by atoms with E-state index >= 15 is 0 Å². The average Bonchev–Trinajstić information content (AvgIpc) is 2.61. The maximum atomic E-state index is 11.9. The number of hydrogen-bond donors (Lipinski definition) is 1. The molecule has 2 aliphatic rings. The Morgan fingerprint density at radius 3 is 2.67 bits per heavy atom. The number of carbonyl (C=O) groups is 1. The molecule has 2 amide bonds. The summed E-state index contributed by atoms with van der Waals surface area (Å²) >= 11 is 0. The zero-order valence-electron chi connectivity index (χ0n) is 13.3. The maximum Gasteiger partial charge on any atom is 0.317 e. The van der Waals surface area contributed by atoms with Gasteiger partial charge in [0, 0.05) is 44.0 Å². The van der Waals surface area contributed by atoms with Gasteiger partial charge in [-0.05, 0) is 31.4 Å². The summed E-state index contributed by atoms with van der Waals surface area (Å²) in [6.07, 6.45) is 2.68. The molecule has 8 nitrogen and oxygen atoms in total. The topological polar surface area (TPSA) is 103 Å². The molecule has 0 unspecified atom stereocenters. The molecule has 0 aromatic heterocycles. The van der Waals surface area contributed by atoms with Gasteiger partial charge in [0.25, 0.3) is 5.69 Å². The van der Waals surface area contributed by atoms with Gasteiger partial charge in [-0.2, -0.15) is 5.26 Å². The second-order valence-corrected chi connectivity index (χ2v) is 6.07. The van der Waals surface area contributed by atoms with Crippen molar-refractivity contribution in [3.05, 3.63) is 33.9 Å². The van der Waals surface area contributed by atoms with Crippen LogP contribution in [0, 0.1) is 21.4 Å². The summed E-state index contributed by atoms with van der Waals surface area (Å²) in [5.74, 6) is 0. The van der Waals surface area contributed by atoms with Crippen molar-refractivity contribution in [2.75, 3.05) is 31.1 Å². The SMILES string of the molecule is N#Cc1cc(N2CCC(N3CCCNC3=O)CC2)ccc1[N+](=O)[O-]. The summed E-state index contributed by atoms with van der Waals surface area (Å²) in [7, 11) is 0. The standard InChI is InChI=1S/C16H19N5O3/c17-11-12-10-14(2-3-15(12)21(23)24)19-8-4-13(5-9-19)20-7-1-6-18-16(20)22/h2-3,10,13H,1,4-9H2,(H,18,22). The average molecular weight is 329 g/mol. The smallest absolute Gasteiger partial charge is 0.317 e. The normalized spacial score (nSPS) is 18.9. The van der Waals surface area contributed by atoms with Gasteiger partial charge in [-0.1, -0.05) is 0 Å². The Hall–Kier alpha value is -2.82. The molecular weight excluding hydrogens is 310 g/mol. The van der Waals surface area contributed by atoms with Crippen molar-refractivity contribution in [3.63, 3.8) is 0 Å². The minimum atomic E-state index is -0.538. The predicted octanol–water partition coefficient (Wildman–Crippen LogP) is 1.85. The van der Waals surface area contributed by atoms with E-state index in [1.165, 1.54) is 6.07 Å². The molecule has 0 saturated carbocycles. The maximum absolute atomic E-state index is 11.9. The molecule has 8 heteroatoms. The van der Waals surface area contributed by atoms with E-state index in [0.717, 1.165) is 51.1 Å². The Balaban J connectivity index is 1.67. The number of nitriles is 1. The first kappa shape index (κ1) is 16.1. The highest BCUT2D eigenvalue weighted by atomic mass is 16.6. The van der Waals surface area contributed by atoms with E-state index < -0.39 is 4.92 Å². The summed E-state index contributed by atoms with van der Waals surface area (Å²) in [6.45, 7) is 3.06. The van der Waals surface area contributed by atoms with Crippen LogP contribution in [0.4, 0.5) is 16.2 Å². The Morgan fingerprint density at radius 2 is 2.04 bits per heavy atom. The molecular formula is C16H19N5O3. The first-order chi connectivity index (χ1) is 11.6. The second kappa shape index (κ2) is 6.74. The van der Waals surface area contributed by atoms with Crippen molar-refractivity contribution in [3.8, 4) is 6.07 Å². The molecule has 0 spiro atoms. The zero-order valence-corrected chi connectivity index (χ0v) is 13.3. The predicted molar refractivity (Wildman–Crippen MR) is 87.8 cm³/mol. The van der Waals surface area contributed by atoms with Gasteiger partial charge in [0.2, 0.25) is 0 Å². The number of carbonyl (C=O) groups excluding carboxylic acids is 1. The van der Waals surface area contributed by atoms with E-state index in [9.17, 15) is 14.9 Å². The second-order valence-electron chi connectivity index (χ2n) is 6.07. The summed E-state index contributed by atoms with van der Waals surface area (Å²) < 4.78 is 0. The van der Waals surface area contributed by atoms with Gasteiger partial charge in [0.1, 0.15) is 11.6 Å².